The Morgan fingerprint density at radius 2 is 1.88 bits per heavy atom. The van der Waals surface area contributed by atoms with Gasteiger partial charge >= 0.3 is 11.8 Å². The third-order valence-electron chi connectivity index (χ3n) is 2.08. The van der Waals surface area contributed by atoms with E-state index in [1.54, 1.807) is 12.1 Å². The third-order valence-corrected chi connectivity index (χ3v) is 2.08. The first-order valence-corrected chi connectivity index (χ1v) is 4.73. The van der Waals surface area contributed by atoms with E-state index >= 15 is 0 Å². The number of benzene rings is 1. The van der Waals surface area contributed by atoms with Crippen LogP contribution in [-0.4, -0.2) is 24.7 Å². The summed E-state index contributed by atoms with van der Waals surface area (Å²) < 4.78 is 31.0. The van der Waals surface area contributed by atoms with Crippen molar-refractivity contribution in [2.75, 3.05) is 12.4 Å². The Labute approximate surface area is 96.6 Å². The van der Waals surface area contributed by atoms with Crippen LogP contribution in [0, 0.1) is 0 Å². The molecule has 0 aliphatic heterocycles. The Hall–Kier alpha value is -1.98. The SMILES string of the molecule is COc1ccccc1NC(=O)C(F)(F)C(C)=O. The lowest BCUT2D eigenvalue weighted by atomic mass is 10.2. The van der Waals surface area contributed by atoms with E-state index in [0.29, 0.717) is 6.92 Å². The maximum atomic E-state index is 13.1. The predicted octanol–water partition coefficient (Wildman–Crippen LogP) is 1.86. The Balaban J connectivity index is 2.92. The number of halogens is 2. The molecular weight excluding hydrogens is 232 g/mol. The van der Waals surface area contributed by atoms with E-state index in [1.807, 2.05) is 5.32 Å². The second kappa shape index (κ2) is 4.90. The summed E-state index contributed by atoms with van der Waals surface area (Å²) in [5.74, 6) is -6.99. The first-order chi connectivity index (χ1) is 7.89. The molecule has 0 fully saturated rings. The number of anilines is 1. The van der Waals surface area contributed by atoms with E-state index in [1.165, 1.54) is 19.2 Å². The van der Waals surface area contributed by atoms with Crippen LogP contribution in [0.4, 0.5) is 14.5 Å². The third kappa shape index (κ3) is 2.77. The number of methoxy groups -OCH3 is 1. The zero-order valence-corrected chi connectivity index (χ0v) is 9.29. The highest BCUT2D eigenvalue weighted by Crippen LogP contribution is 2.25. The molecule has 1 aromatic rings. The second-order valence-corrected chi connectivity index (χ2v) is 3.28. The average molecular weight is 243 g/mol. The zero-order chi connectivity index (χ0) is 13.1. The number of ketones is 1. The van der Waals surface area contributed by atoms with Crippen molar-refractivity contribution in [2.24, 2.45) is 0 Å². The fraction of sp³-hybridized carbons (Fsp3) is 0.273. The van der Waals surface area contributed by atoms with Gasteiger partial charge in [0.1, 0.15) is 5.75 Å². The van der Waals surface area contributed by atoms with Crippen molar-refractivity contribution < 1.29 is 23.1 Å². The number of carbonyl (C=O) groups excluding carboxylic acids is 2. The number of Topliss-reactive ketones (excluding diaryl/α,β-unsaturated/α-hetero) is 1. The van der Waals surface area contributed by atoms with Crippen molar-refractivity contribution in [2.45, 2.75) is 12.8 Å². The van der Waals surface area contributed by atoms with E-state index in [0.717, 1.165) is 0 Å². The van der Waals surface area contributed by atoms with Crippen molar-refractivity contribution >= 4 is 17.4 Å². The van der Waals surface area contributed by atoms with Gasteiger partial charge in [0.05, 0.1) is 12.8 Å². The molecule has 1 rings (SSSR count). The standard InChI is InChI=1S/C11H11F2NO3/c1-7(15)11(12,13)10(16)14-8-5-3-4-6-9(8)17-2/h3-6H,1-2H3,(H,14,16). The van der Waals surface area contributed by atoms with Crippen LogP contribution in [0.15, 0.2) is 24.3 Å². The maximum Gasteiger partial charge on any atom is 0.381 e. The second-order valence-electron chi connectivity index (χ2n) is 3.28. The predicted molar refractivity (Wildman–Crippen MR) is 57.3 cm³/mol. The molecule has 0 radical (unpaired) electrons. The van der Waals surface area contributed by atoms with Crippen molar-refractivity contribution in [3.05, 3.63) is 24.3 Å². The van der Waals surface area contributed by atoms with Gasteiger partial charge in [0.2, 0.25) is 5.78 Å². The van der Waals surface area contributed by atoms with Gasteiger partial charge in [-0.15, -0.1) is 0 Å². The monoisotopic (exact) mass is 243 g/mol. The number of carbonyl (C=O) groups is 2. The minimum atomic E-state index is -4.04. The van der Waals surface area contributed by atoms with Gasteiger partial charge in [0.25, 0.3) is 0 Å². The number of hydrogen-bond acceptors (Lipinski definition) is 3. The summed E-state index contributed by atoms with van der Waals surface area (Å²) in [6.07, 6.45) is 0. The highest BCUT2D eigenvalue weighted by atomic mass is 19.3. The number of hydrogen-bond donors (Lipinski definition) is 1. The minimum absolute atomic E-state index is 0.0842. The molecule has 17 heavy (non-hydrogen) atoms. The van der Waals surface area contributed by atoms with Gasteiger partial charge in [0.15, 0.2) is 0 Å². The number of ether oxygens (including phenoxy) is 1. The summed E-state index contributed by atoms with van der Waals surface area (Å²) in [5, 5.41) is 1.95. The minimum Gasteiger partial charge on any atom is -0.495 e. The molecule has 0 aliphatic carbocycles. The van der Waals surface area contributed by atoms with Crippen LogP contribution in [0.5, 0.6) is 5.75 Å². The maximum absolute atomic E-state index is 13.1. The fourth-order valence-corrected chi connectivity index (χ4v) is 1.11. The van der Waals surface area contributed by atoms with Crippen LogP contribution in [0.3, 0.4) is 0 Å². The molecule has 0 unspecified atom stereocenters. The van der Waals surface area contributed by atoms with Crippen molar-refractivity contribution in [3.63, 3.8) is 0 Å². The fourth-order valence-electron chi connectivity index (χ4n) is 1.11. The quantitative estimate of drug-likeness (QED) is 0.821. The molecule has 0 aromatic heterocycles. The lowest BCUT2D eigenvalue weighted by Gasteiger charge is -2.14. The molecule has 1 amide bonds. The van der Waals surface area contributed by atoms with Crippen molar-refractivity contribution in [1.29, 1.82) is 0 Å². The molecule has 0 spiro atoms. The number of nitrogens with one attached hydrogen (secondary N) is 1. The van der Waals surface area contributed by atoms with Gasteiger partial charge in [-0.2, -0.15) is 8.78 Å². The Morgan fingerprint density at radius 3 is 2.41 bits per heavy atom. The molecule has 0 saturated heterocycles. The largest absolute Gasteiger partial charge is 0.495 e. The Morgan fingerprint density at radius 1 is 1.29 bits per heavy atom. The lowest BCUT2D eigenvalue weighted by molar-refractivity contribution is -0.153. The van der Waals surface area contributed by atoms with E-state index in [9.17, 15) is 18.4 Å². The summed E-state index contributed by atoms with van der Waals surface area (Å²) in [4.78, 5) is 21.8. The summed E-state index contributed by atoms with van der Waals surface area (Å²) in [6.45, 7) is 0.655. The first-order valence-electron chi connectivity index (χ1n) is 4.73. The molecule has 0 bridgehead atoms. The normalized spacial score (nSPS) is 10.8. The number of para-hydroxylation sites is 2. The van der Waals surface area contributed by atoms with Gasteiger partial charge in [-0.05, 0) is 12.1 Å². The van der Waals surface area contributed by atoms with Crippen LogP contribution >= 0.6 is 0 Å². The van der Waals surface area contributed by atoms with Crippen molar-refractivity contribution in [1.82, 2.24) is 0 Å². The molecule has 1 N–H and O–H groups in total. The van der Waals surface area contributed by atoms with Gasteiger partial charge in [-0.1, -0.05) is 12.1 Å². The molecule has 0 aliphatic rings. The van der Waals surface area contributed by atoms with E-state index < -0.39 is 17.6 Å². The van der Waals surface area contributed by atoms with Crippen LogP contribution in [0.2, 0.25) is 0 Å². The number of rotatable bonds is 4. The van der Waals surface area contributed by atoms with Crippen LogP contribution in [-0.2, 0) is 9.59 Å². The summed E-state index contributed by atoms with van der Waals surface area (Å²) in [7, 11) is 1.34. The molecule has 0 saturated carbocycles. The van der Waals surface area contributed by atoms with E-state index in [4.69, 9.17) is 4.74 Å². The Bertz CT molecular complexity index is 446. The molecule has 0 atom stereocenters. The van der Waals surface area contributed by atoms with Crippen LogP contribution in [0.1, 0.15) is 6.92 Å². The zero-order valence-electron chi connectivity index (χ0n) is 9.29. The summed E-state index contributed by atoms with van der Waals surface area (Å²) in [6, 6.07) is 6.07. The molecule has 4 nitrogen and oxygen atoms in total. The molecular formula is C11H11F2NO3. The highest BCUT2D eigenvalue weighted by molar-refractivity contribution is 6.12. The molecule has 92 valence electrons. The van der Waals surface area contributed by atoms with E-state index in [2.05, 4.69) is 0 Å². The molecule has 1 aromatic carbocycles. The van der Waals surface area contributed by atoms with Gasteiger partial charge < -0.3 is 10.1 Å². The van der Waals surface area contributed by atoms with Crippen LogP contribution in [0.25, 0.3) is 0 Å². The summed E-state index contributed by atoms with van der Waals surface area (Å²) >= 11 is 0. The highest BCUT2D eigenvalue weighted by Gasteiger charge is 2.44. The average Bonchev–Trinajstić information content (AvgIpc) is 2.29. The van der Waals surface area contributed by atoms with Crippen molar-refractivity contribution in [3.8, 4) is 5.75 Å². The molecule has 6 heteroatoms. The van der Waals surface area contributed by atoms with Gasteiger partial charge in [-0.25, -0.2) is 0 Å². The number of alkyl halides is 2. The number of amides is 1. The van der Waals surface area contributed by atoms with Crippen LogP contribution < -0.4 is 10.1 Å². The molecule has 0 heterocycles. The van der Waals surface area contributed by atoms with Gasteiger partial charge in [-0.3, -0.25) is 9.59 Å². The summed E-state index contributed by atoms with van der Waals surface area (Å²) in [5.41, 5.74) is 0.0842. The smallest absolute Gasteiger partial charge is 0.381 e. The Kier molecular flexibility index (Phi) is 3.77. The topological polar surface area (TPSA) is 55.4 Å². The first kappa shape index (κ1) is 13.1. The lowest BCUT2D eigenvalue weighted by Crippen LogP contribution is -2.40. The van der Waals surface area contributed by atoms with E-state index in [-0.39, 0.29) is 11.4 Å². The van der Waals surface area contributed by atoms with Gasteiger partial charge in [0, 0.05) is 6.92 Å².